The van der Waals surface area contributed by atoms with Gasteiger partial charge in [-0.3, -0.25) is 9.59 Å². The van der Waals surface area contributed by atoms with Gasteiger partial charge in [0, 0.05) is 35.0 Å². The Morgan fingerprint density at radius 2 is 1.23 bits per heavy atom. The molecule has 0 bridgehead atoms. The number of phosphoric acid groups is 1. The van der Waals surface area contributed by atoms with Crippen molar-refractivity contribution in [1.82, 2.24) is 0 Å². The van der Waals surface area contributed by atoms with Crippen molar-refractivity contribution in [3.05, 3.63) is 0 Å². The summed E-state index contributed by atoms with van der Waals surface area (Å²) in [6.45, 7) is 2.15. The van der Waals surface area contributed by atoms with E-state index in [1.54, 1.807) is 0 Å². The topological polar surface area (TPSA) is 168 Å². The summed E-state index contributed by atoms with van der Waals surface area (Å²) in [5.41, 5.74) is 4.47. The van der Waals surface area contributed by atoms with E-state index in [1.165, 1.54) is 45.4 Å². The molecule has 1 atom stereocenters. The van der Waals surface area contributed by atoms with Gasteiger partial charge < -0.3 is 34.1 Å². The zero-order chi connectivity index (χ0) is 31.9. The van der Waals surface area contributed by atoms with Crippen LogP contribution in [-0.2, 0) is 32.9 Å². The Bertz CT molecular complexity index is 1280. The molecule has 0 aromatic heterocycles. The van der Waals surface area contributed by atoms with Gasteiger partial charge in [0.1, 0.15) is 6.61 Å². The molecule has 10 nitrogen and oxygen atoms in total. The first-order chi connectivity index (χ1) is 20.0. The number of primary amides is 1. The van der Waals surface area contributed by atoms with Gasteiger partial charge in [0.15, 0.2) is 6.10 Å². The second-order valence-electron chi connectivity index (χ2n) is 8.39. The van der Waals surface area contributed by atoms with Gasteiger partial charge >= 0.3 is 71.1 Å². The Balaban J connectivity index is -0.0000000688. The number of ether oxygens (including phenoxy) is 2. The number of nitrogens with two attached hydrogens (primary N) is 1. The number of terminal acetylenes is 1. The third kappa shape index (κ3) is 44.3. The van der Waals surface area contributed by atoms with Crippen LogP contribution in [0.2, 0.25) is 0 Å². The molecular formula is C31H58NNa2O9P. The summed E-state index contributed by atoms with van der Waals surface area (Å²) in [5, 5.41) is 0. The predicted octanol–water partition coefficient (Wildman–Crippen LogP) is -1.55. The monoisotopic (exact) mass is 665 g/mol. The average molecular weight is 666 g/mol. The van der Waals surface area contributed by atoms with Crippen LogP contribution in [0, 0.1) is 71.5 Å². The number of hydrogen-bond donors (Lipinski definition) is 1. The van der Waals surface area contributed by atoms with Crippen molar-refractivity contribution in [3.63, 3.8) is 0 Å². The largest absolute Gasteiger partial charge is 1.00 e. The van der Waals surface area contributed by atoms with Crippen molar-refractivity contribution in [3.8, 4) is 71.5 Å². The molecule has 0 fully saturated rings. The molecule has 2 N–H and O–H groups in total. The van der Waals surface area contributed by atoms with E-state index in [4.69, 9.17) is 15.9 Å². The Hall–Kier alpha value is -2.12. The van der Waals surface area contributed by atoms with E-state index in [0.29, 0.717) is 6.42 Å². The fraction of sp³-hybridized carbons (Fsp3) is 0.516. The van der Waals surface area contributed by atoms with Crippen molar-refractivity contribution in [2.45, 2.75) is 90.6 Å². The fourth-order valence-corrected chi connectivity index (χ4v) is 3.18. The van der Waals surface area contributed by atoms with Gasteiger partial charge in [-0.25, -0.2) is 4.79 Å². The van der Waals surface area contributed by atoms with E-state index in [0.717, 1.165) is 19.3 Å². The number of carbonyl (C=O) groups is 3. The van der Waals surface area contributed by atoms with Crippen LogP contribution in [0.5, 0.6) is 0 Å². The molecule has 0 radical (unpaired) electrons. The van der Waals surface area contributed by atoms with E-state index in [9.17, 15) is 28.7 Å². The van der Waals surface area contributed by atoms with Crippen molar-refractivity contribution >= 4 is 25.7 Å². The van der Waals surface area contributed by atoms with Gasteiger partial charge in [-0.1, -0.05) is 64.7 Å². The first-order valence-electron chi connectivity index (χ1n) is 13.3. The molecule has 0 saturated carbocycles. The summed E-state index contributed by atoms with van der Waals surface area (Å²) in [6, 6.07) is 0. The van der Waals surface area contributed by atoms with Crippen LogP contribution in [0.4, 0.5) is 0 Å². The van der Waals surface area contributed by atoms with Crippen LogP contribution >= 0.6 is 7.82 Å². The molecule has 0 spiro atoms. The first kappa shape index (κ1) is 48.8. The van der Waals surface area contributed by atoms with Crippen molar-refractivity contribution in [2.75, 3.05) is 13.2 Å². The molecule has 0 saturated heterocycles. The first-order valence-corrected chi connectivity index (χ1v) is 14.7. The summed E-state index contributed by atoms with van der Waals surface area (Å²) in [4.78, 5) is 54.6. The van der Waals surface area contributed by atoms with Gasteiger partial charge in [0.05, 0.1) is 14.4 Å². The van der Waals surface area contributed by atoms with Crippen LogP contribution < -0.4 is 74.6 Å². The third-order valence-corrected chi connectivity index (χ3v) is 5.05. The molecule has 44 heavy (non-hydrogen) atoms. The molecule has 0 rings (SSSR count). The van der Waals surface area contributed by atoms with Gasteiger partial charge in [0.25, 0.3) is 0 Å². The number of carbonyl (C=O) groups excluding carboxylic acids is 3. The van der Waals surface area contributed by atoms with Crippen LogP contribution in [-0.4, -0.2) is 37.2 Å². The minimum absolute atomic E-state index is 0. The molecule has 0 aliphatic rings. The number of unbranched alkanes of at least 4 members (excludes halogenated alkanes) is 9. The molecule has 0 aliphatic carbocycles. The predicted molar refractivity (Wildman–Crippen MR) is 177 cm³/mol. The van der Waals surface area contributed by atoms with Crippen molar-refractivity contribution in [2.24, 2.45) is 5.73 Å². The molecule has 1 amide bonds. The molecule has 0 aromatic rings. The van der Waals surface area contributed by atoms with Gasteiger partial charge in [-0.05, 0) is 65.6 Å². The smallest absolute Gasteiger partial charge is 0.790 e. The van der Waals surface area contributed by atoms with Gasteiger partial charge in [-0.2, -0.15) is 0 Å². The van der Waals surface area contributed by atoms with Crippen molar-refractivity contribution < 1.29 is 118 Å². The maximum Gasteiger partial charge on any atom is 1.00 e. The number of phosphoric ester groups is 1. The average Bonchev–Trinajstić information content (AvgIpc) is 2.91. The number of esters is 2. The fourth-order valence-electron chi connectivity index (χ4n) is 2.83. The standard InChI is InChI=1S/C29H33O8P.C2H5NO.2Na.11H2/c1-3-5-7-9-11-13-15-17-19-21-23-28(30)35-25-27(26-36-38(32,33)34)37-29(31)24-22-20-18-16-14-12-10-8-6-4-2;1-2(3)4;;;;;;;;;;;;;/h1,27H,4,6,8,10,12,14,16,18,20,22,24-26H2,2H3,(H2,32,33,34);1H3,(H2,3,4);;;11*1H/q;;2*+1;;;;;;;;;;;/p-2/t27-;;;;;;;;;;;;;;/m1............../s1. The summed E-state index contributed by atoms with van der Waals surface area (Å²) in [6.07, 6.45) is 14.7. The minimum Gasteiger partial charge on any atom is -0.790 e. The molecule has 248 valence electrons. The molecule has 0 unspecified atom stereocenters. The second-order valence-corrected chi connectivity index (χ2v) is 9.54. The Morgan fingerprint density at radius 3 is 1.68 bits per heavy atom. The summed E-state index contributed by atoms with van der Waals surface area (Å²) in [5.74, 6) is 23.1. The molecule has 0 heterocycles. The van der Waals surface area contributed by atoms with Crippen molar-refractivity contribution in [1.29, 1.82) is 0 Å². The number of amides is 1. The Labute approximate surface area is 322 Å². The quantitative estimate of drug-likeness (QED) is 0.0483. The van der Waals surface area contributed by atoms with Gasteiger partial charge in [-0.15, -0.1) is 6.42 Å². The van der Waals surface area contributed by atoms with E-state index in [1.807, 2.05) is 0 Å². The minimum atomic E-state index is -5.31. The van der Waals surface area contributed by atoms with Crippen LogP contribution in [0.15, 0.2) is 0 Å². The van der Waals surface area contributed by atoms with E-state index >= 15 is 0 Å². The zero-order valence-electron chi connectivity index (χ0n) is 26.0. The molecule has 0 aliphatic heterocycles. The van der Waals surface area contributed by atoms with Crippen LogP contribution in [0.3, 0.4) is 0 Å². The van der Waals surface area contributed by atoms with E-state index in [2.05, 4.69) is 82.3 Å². The normalized spacial score (nSPS) is 9.25. The number of rotatable bonds is 17. The summed E-state index contributed by atoms with van der Waals surface area (Å²) in [7, 11) is -5.31. The Morgan fingerprint density at radius 1 is 0.795 bits per heavy atom. The molecular weight excluding hydrogens is 607 g/mol. The number of hydrogen-bond acceptors (Lipinski definition) is 9. The maximum atomic E-state index is 12.1. The summed E-state index contributed by atoms with van der Waals surface area (Å²) >= 11 is 0. The molecule has 13 heteroatoms. The van der Waals surface area contributed by atoms with E-state index in [-0.39, 0.29) is 87.1 Å². The Kier molecular flexibility index (Phi) is 39.2. The SMILES string of the molecule is C#CC#CC#CC#CC#CC#CC(=O)OC[C@H](COP(=O)([O-])[O-])OC(=O)CCCCCCCCCCCC.CC(N)=O.[HH].[HH].[HH].[HH].[HH].[HH].[HH].[HH].[HH].[HH].[HH].[Na+].[Na+]. The van der Waals surface area contributed by atoms with Gasteiger partial charge in [0.2, 0.25) is 5.91 Å². The second kappa shape index (κ2) is 35.4. The summed E-state index contributed by atoms with van der Waals surface area (Å²) < 4.78 is 24.9. The third-order valence-electron chi connectivity index (χ3n) is 4.59. The van der Waals surface area contributed by atoms with Crippen LogP contribution in [0.25, 0.3) is 0 Å². The van der Waals surface area contributed by atoms with Crippen LogP contribution in [0.1, 0.15) is 100 Å². The molecule has 0 aromatic carbocycles. The maximum absolute atomic E-state index is 12.1. The zero-order valence-corrected chi connectivity index (χ0v) is 30.9. The van der Waals surface area contributed by atoms with E-state index < -0.39 is 39.1 Å².